The van der Waals surface area contributed by atoms with Crippen LogP contribution in [0.3, 0.4) is 0 Å². The third kappa shape index (κ3) is 2.34. The minimum Gasteiger partial charge on any atom is -0.508 e. The van der Waals surface area contributed by atoms with Crippen LogP contribution >= 0.6 is 0 Å². The fourth-order valence-electron chi connectivity index (χ4n) is 1.09. The van der Waals surface area contributed by atoms with Gasteiger partial charge in [0.15, 0.2) is 0 Å². The molecule has 4 heteroatoms. The van der Waals surface area contributed by atoms with Gasteiger partial charge in [0.2, 0.25) is 0 Å². The van der Waals surface area contributed by atoms with E-state index in [9.17, 15) is 5.11 Å². The van der Waals surface area contributed by atoms with Crippen LogP contribution in [0.4, 0.5) is 0 Å². The topological polar surface area (TPSA) is 86.7 Å². The van der Waals surface area contributed by atoms with E-state index in [2.05, 4.69) is 0 Å². The lowest BCUT2D eigenvalue weighted by atomic mass is 10.0. The first-order valence-corrected chi connectivity index (χ1v) is 3.97. The van der Waals surface area contributed by atoms with E-state index in [1.807, 2.05) is 0 Å². The molecule has 0 aliphatic carbocycles. The maximum Gasteiger partial charge on any atom is 0.119 e. The SMILES string of the molecule is CC(N)C(O)c1cc(O)cc(O)c1. The Labute approximate surface area is 76.2 Å². The number of phenols is 2. The summed E-state index contributed by atoms with van der Waals surface area (Å²) in [6.07, 6.45) is -0.877. The van der Waals surface area contributed by atoms with Crippen LogP contribution in [0, 0.1) is 0 Å². The highest BCUT2D eigenvalue weighted by atomic mass is 16.3. The van der Waals surface area contributed by atoms with Crippen LogP contribution in [-0.2, 0) is 0 Å². The van der Waals surface area contributed by atoms with Crippen molar-refractivity contribution < 1.29 is 15.3 Å². The third-order valence-electron chi connectivity index (χ3n) is 1.76. The first kappa shape index (κ1) is 9.83. The van der Waals surface area contributed by atoms with Crippen molar-refractivity contribution in [3.05, 3.63) is 23.8 Å². The van der Waals surface area contributed by atoms with Gasteiger partial charge >= 0.3 is 0 Å². The zero-order valence-corrected chi connectivity index (χ0v) is 7.31. The molecule has 1 aromatic carbocycles. The third-order valence-corrected chi connectivity index (χ3v) is 1.76. The van der Waals surface area contributed by atoms with Gasteiger partial charge in [-0.2, -0.15) is 0 Å². The van der Waals surface area contributed by atoms with E-state index >= 15 is 0 Å². The fraction of sp³-hybridized carbons (Fsp3) is 0.333. The number of hydrogen-bond donors (Lipinski definition) is 4. The Bertz CT molecular complexity index is 279. The van der Waals surface area contributed by atoms with Crippen molar-refractivity contribution in [2.45, 2.75) is 19.1 Å². The zero-order valence-electron chi connectivity index (χ0n) is 7.31. The fourth-order valence-corrected chi connectivity index (χ4v) is 1.09. The lowest BCUT2D eigenvalue weighted by molar-refractivity contribution is 0.152. The molecule has 0 amide bonds. The van der Waals surface area contributed by atoms with Gasteiger partial charge in [-0.05, 0) is 24.6 Å². The molecule has 0 fully saturated rings. The van der Waals surface area contributed by atoms with E-state index in [-0.39, 0.29) is 11.5 Å². The predicted molar refractivity (Wildman–Crippen MR) is 48.4 cm³/mol. The van der Waals surface area contributed by atoms with Crippen molar-refractivity contribution in [3.63, 3.8) is 0 Å². The predicted octanol–water partition coefficient (Wildman–Crippen LogP) is 0.478. The lowest BCUT2D eigenvalue weighted by Gasteiger charge is -2.15. The van der Waals surface area contributed by atoms with E-state index in [1.54, 1.807) is 6.92 Å². The summed E-state index contributed by atoms with van der Waals surface area (Å²) in [6.45, 7) is 1.64. The molecule has 5 N–H and O–H groups in total. The van der Waals surface area contributed by atoms with Gasteiger partial charge in [0, 0.05) is 12.1 Å². The first-order chi connectivity index (χ1) is 6.00. The maximum atomic E-state index is 9.50. The molecular weight excluding hydrogens is 170 g/mol. The molecule has 0 saturated heterocycles. The number of aliphatic hydroxyl groups excluding tert-OH is 1. The van der Waals surface area contributed by atoms with E-state index in [0.29, 0.717) is 5.56 Å². The Hall–Kier alpha value is -1.26. The van der Waals surface area contributed by atoms with E-state index in [4.69, 9.17) is 15.9 Å². The molecule has 1 rings (SSSR count). The molecule has 0 aliphatic heterocycles. The molecule has 13 heavy (non-hydrogen) atoms. The number of nitrogens with two attached hydrogens (primary N) is 1. The highest BCUT2D eigenvalue weighted by molar-refractivity contribution is 5.37. The van der Waals surface area contributed by atoms with Crippen LogP contribution in [0.5, 0.6) is 11.5 Å². The molecule has 0 heterocycles. The van der Waals surface area contributed by atoms with E-state index in [0.717, 1.165) is 0 Å². The molecule has 72 valence electrons. The van der Waals surface area contributed by atoms with Crippen LogP contribution < -0.4 is 5.73 Å². The molecule has 1 aromatic rings. The van der Waals surface area contributed by atoms with Gasteiger partial charge in [-0.25, -0.2) is 0 Å². The summed E-state index contributed by atoms with van der Waals surface area (Å²) in [7, 11) is 0. The zero-order chi connectivity index (χ0) is 10.0. The summed E-state index contributed by atoms with van der Waals surface area (Å²) in [5.41, 5.74) is 5.86. The van der Waals surface area contributed by atoms with Crippen LogP contribution in [0.1, 0.15) is 18.6 Å². The van der Waals surface area contributed by atoms with Gasteiger partial charge in [-0.15, -0.1) is 0 Å². The van der Waals surface area contributed by atoms with Gasteiger partial charge in [0.25, 0.3) is 0 Å². The molecule has 4 nitrogen and oxygen atoms in total. The van der Waals surface area contributed by atoms with Crippen molar-refractivity contribution in [1.29, 1.82) is 0 Å². The van der Waals surface area contributed by atoms with Gasteiger partial charge in [-0.1, -0.05) is 0 Å². The number of aliphatic hydroxyl groups is 1. The van der Waals surface area contributed by atoms with Gasteiger partial charge in [-0.3, -0.25) is 0 Å². The molecule has 0 aromatic heterocycles. The van der Waals surface area contributed by atoms with Gasteiger partial charge in [0.1, 0.15) is 11.5 Å². The molecule has 0 bridgehead atoms. The summed E-state index contributed by atoms with van der Waals surface area (Å²) in [6, 6.07) is 3.49. The number of phenolic OH excluding ortho intramolecular Hbond substituents is 2. The second-order valence-corrected chi connectivity index (χ2v) is 3.09. The maximum absolute atomic E-state index is 9.50. The normalized spacial score (nSPS) is 15.3. The summed E-state index contributed by atoms with van der Waals surface area (Å²) in [5.74, 6) is -0.176. The Kier molecular flexibility index (Phi) is 2.75. The van der Waals surface area contributed by atoms with Crippen molar-refractivity contribution in [1.82, 2.24) is 0 Å². The standard InChI is InChI=1S/C9H13NO3/c1-5(10)9(13)6-2-7(11)4-8(12)3-6/h2-5,9,11-13H,10H2,1H3. The van der Waals surface area contributed by atoms with Gasteiger partial charge in [0.05, 0.1) is 6.10 Å². The Morgan fingerprint density at radius 2 is 1.62 bits per heavy atom. The Morgan fingerprint density at radius 3 is 2.00 bits per heavy atom. The van der Waals surface area contributed by atoms with E-state index < -0.39 is 12.1 Å². The molecule has 0 radical (unpaired) electrons. The summed E-state index contributed by atoms with van der Waals surface area (Å²) in [4.78, 5) is 0. The largest absolute Gasteiger partial charge is 0.508 e. The second kappa shape index (κ2) is 3.64. The Morgan fingerprint density at radius 1 is 1.15 bits per heavy atom. The van der Waals surface area contributed by atoms with Crippen molar-refractivity contribution in [3.8, 4) is 11.5 Å². The average molecular weight is 183 g/mol. The highest BCUT2D eigenvalue weighted by Gasteiger charge is 2.13. The van der Waals surface area contributed by atoms with Crippen molar-refractivity contribution in [2.24, 2.45) is 5.73 Å². The number of hydrogen-bond acceptors (Lipinski definition) is 4. The molecular formula is C9H13NO3. The highest BCUT2D eigenvalue weighted by Crippen LogP contribution is 2.25. The number of benzene rings is 1. The Balaban J connectivity index is 3.01. The average Bonchev–Trinajstić information content (AvgIpc) is 2.01. The lowest BCUT2D eigenvalue weighted by Crippen LogP contribution is -2.24. The molecule has 0 saturated carbocycles. The summed E-state index contributed by atoms with van der Waals surface area (Å²) in [5, 5.41) is 27.7. The number of aromatic hydroxyl groups is 2. The molecule has 2 atom stereocenters. The smallest absolute Gasteiger partial charge is 0.119 e. The summed E-state index contributed by atoms with van der Waals surface area (Å²) < 4.78 is 0. The molecule has 0 aliphatic rings. The van der Waals surface area contributed by atoms with Crippen molar-refractivity contribution >= 4 is 0 Å². The van der Waals surface area contributed by atoms with Crippen molar-refractivity contribution in [2.75, 3.05) is 0 Å². The molecule has 2 unspecified atom stereocenters. The quantitative estimate of drug-likeness (QED) is 0.537. The molecule has 0 spiro atoms. The van der Waals surface area contributed by atoms with E-state index in [1.165, 1.54) is 18.2 Å². The second-order valence-electron chi connectivity index (χ2n) is 3.09. The van der Waals surface area contributed by atoms with Crippen LogP contribution in [0.2, 0.25) is 0 Å². The van der Waals surface area contributed by atoms with Crippen LogP contribution in [0.25, 0.3) is 0 Å². The first-order valence-electron chi connectivity index (χ1n) is 3.97. The van der Waals surface area contributed by atoms with Crippen LogP contribution in [0.15, 0.2) is 18.2 Å². The van der Waals surface area contributed by atoms with Gasteiger partial charge < -0.3 is 21.1 Å². The number of rotatable bonds is 2. The van der Waals surface area contributed by atoms with Crippen LogP contribution in [-0.4, -0.2) is 21.4 Å². The monoisotopic (exact) mass is 183 g/mol. The minimum atomic E-state index is -0.877. The minimum absolute atomic E-state index is 0.0882. The summed E-state index contributed by atoms with van der Waals surface area (Å²) >= 11 is 0.